The third-order valence-corrected chi connectivity index (χ3v) is 21.5. The van der Waals surface area contributed by atoms with Gasteiger partial charge in [-0.15, -0.1) is 0 Å². The van der Waals surface area contributed by atoms with Crippen LogP contribution < -0.4 is 103 Å². The lowest BCUT2D eigenvalue weighted by Crippen LogP contribution is -2.61. The van der Waals surface area contributed by atoms with Crippen LogP contribution in [0.15, 0.2) is 60.9 Å². The molecule has 15 amide bonds. The number of carbonyl (C=O) groups is 18. The van der Waals surface area contributed by atoms with Gasteiger partial charge in [0.2, 0.25) is 88.6 Å². The maximum atomic E-state index is 15.3. The van der Waals surface area contributed by atoms with Crippen LogP contribution in [-0.2, 0) is 99.1 Å². The number of hydrogen-bond donors (Lipinski definition) is 28. The van der Waals surface area contributed by atoms with Gasteiger partial charge in [0.15, 0.2) is 5.96 Å². The number of nitrogens with two attached hydrogens (primary N) is 4. The first-order valence-corrected chi connectivity index (χ1v) is 43.4. The van der Waals surface area contributed by atoms with E-state index in [0.717, 1.165) is 4.90 Å². The van der Waals surface area contributed by atoms with Crippen LogP contribution in [0.2, 0.25) is 0 Å². The number of H-pyrrole nitrogens is 2. The molecule has 15 atom stereocenters. The maximum Gasteiger partial charge on any atom is 0.325 e. The van der Waals surface area contributed by atoms with Crippen LogP contribution in [0.5, 0.6) is 0 Å². The minimum absolute atomic E-state index is 0.00338. The van der Waals surface area contributed by atoms with Gasteiger partial charge in [-0.25, -0.2) is 0 Å². The van der Waals surface area contributed by atoms with Crippen molar-refractivity contribution in [1.82, 2.24) is 94.6 Å². The summed E-state index contributed by atoms with van der Waals surface area (Å²) in [6.45, 7) is 5.82. The van der Waals surface area contributed by atoms with Gasteiger partial charge in [-0.05, 0) is 140 Å². The highest BCUT2D eigenvalue weighted by atomic mass is 32.1. The fourth-order valence-electron chi connectivity index (χ4n) is 13.7. The molecule has 5 rings (SSSR count). The number of aromatic nitrogens is 2. The number of likely N-dealkylation sites (tertiary alicyclic amines) is 1. The molecule has 3 heterocycles. The number of carboxylic acids is 3. The van der Waals surface area contributed by atoms with Crippen molar-refractivity contribution in [3.63, 3.8) is 0 Å². The Hall–Kier alpha value is -12.2. The molecule has 4 aromatic rings. The van der Waals surface area contributed by atoms with E-state index in [2.05, 4.69) is 115 Å². The summed E-state index contributed by atoms with van der Waals surface area (Å²) in [6.07, 6.45) is 1.95. The number of aliphatic carboxylic acids is 3. The average Bonchev–Trinajstić information content (AvgIpc) is 1.49. The maximum absolute atomic E-state index is 15.3. The van der Waals surface area contributed by atoms with Gasteiger partial charge in [-0.1, -0.05) is 56.7 Å². The van der Waals surface area contributed by atoms with Crippen molar-refractivity contribution in [1.29, 1.82) is 5.41 Å². The third-order valence-electron chi connectivity index (χ3n) is 20.8. The van der Waals surface area contributed by atoms with Crippen molar-refractivity contribution < 1.29 is 107 Å². The first kappa shape index (κ1) is 106. The van der Waals surface area contributed by atoms with Crippen LogP contribution in [0.4, 0.5) is 0 Å². The topological polar surface area (TPSA) is 731 Å². The highest BCUT2D eigenvalue weighted by Gasteiger charge is 2.42. The van der Waals surface area contributed by atoms with Crippen LogP contribution in [0.25, 0.3) is 21.8 Å². The summed E-state index contributed by atoms with van der Waals surface area (Å²) in [5.74, 6) is -20.2. The van der Waals surface area contributed by atoms with Gasteiger partial charge in [-0.3, -0.25) is 91.7 Å². The predicted octanol–water partition coefficient (Wildman–Crippen LogP) is -5.54. The molecule has 1 aliphatic heterocycles. The number of carboxylic acid groups (broad SMARTS) is 3. The zero-order valence-electron chi connectivity index (χ0n) is 72.0. The number of carbonyl (C=O) groups excluding carboxylic acids is 15. The zero-order chi connectivity index (χ0) is 95.0. The van der Waals surface area contributed by atoms with Crippen LogP contribution >= 0.6 is 25.3 Å². The number of unbranched alkanes of at least 4 members (excludes halogenated alkanes) is 2. The number of nitrogens with one attached hydrogen (secondary N) is 18. The number of guanidine groups is 1. The van der Waals surface area contributed by atoms with E-state index in [4.69, 9.17) is 28.3 Å². The van der Waals surface area contributed by atoms with Crippen LogP contribution in [0.3, 0.4) is 0 Å². The van der Waals surface area contributed by atoms with Crippen molar-refractivity contribution in [2.24, 2.45) is 28.9 Å². The van der Waals surface area contributed by atoms with Gasteiger partial charge in [-0.2, -0.15) is 25.3 Å². The summed E-state index contributed by atoms with van der Waals surface area (Å²) in [4.78, 5) is 254. The van der Waals surface area contributed by atoms with Gasteiger partial charge in [0, 0.05) is 84.5 Å². The number of rotatable bonds is 57. The van der Waals surface area contributed by atoms with E-state index in [0.29, 0.717) is 78.1 Å². The lowest BCUT2D eigenvalue weighted by atomic mass is 9.99. The molecular weight excluding hydrogens is 1710 g/mol. The van der Waals surface area contributed by atoms with Crippen molar-refractivity contribution in [2.45, 2.75) is 234 Å². The molecule has 30 N–H and O–H groups in total. The van der Waals surface area contributed by atoms with Crippen molar-refractivity contribution >= 4 is 160 Å². The highest BCUT2D eigenvalue weighted by molar-refractivity contribution is 7.80. The molecular formula is C81H123N23O22S2. The predicted molar refractivity (Wildman–Crippen MR) is 472 cm³/mol. The zero-order valence-corrected chi connectivity index (χ0v) is 73.8. The van der Waals surface area contributed by atoms with E-state index < -0.39 is 248 Å². The molecule has 0 aliphatic carbocycles. The number of para-hydroxylation sites is 2. The Labute approximate surface area is 748 Å². The first-order chi connectivity index (χ1) is 60.7. The summed E-state index contributed by atoms with van der Waals surface area (Å²) >= 11 is 8.42. The highest BCUT2D eigenvalue weighted by Crippen LogP contribution is 2.24. The SMILES string of the molecule is CC(C)C[C@@H](NC(=O)[C@@H](Cc1c[nH]c2ccccc12)NC(=O)[C@@H](CCCNC(=N)N)NC(=O)[C@@H](Cc1c[nH]c2ccccc12)NC(=O)[C@@H](CCC(=O)O)NC(=O)[C@H]1CCCN1C(=O)[C@@H](CO)NC(=O)[C@@H](CCC(=O)O)NC(=O)[C@@H](CS)NC(=O)[C@@H](C)NC(=O)CNC(=O)[C@@H](CCCCN)NC(=O)[C@H](N)CCCCN)C(=O)N[C@H](CS)C(=O)N[C@H](C)C(=O)N[C@H](C)C(=O)O. The summed E-state index contributed by atoms with van der Waals surface area (Å²) < 4.78 is 0. The quantitative estimate of drug-likeness (QED) is 0.00848. The van der Waals surface area contributed by atoms with Gasteiger partial charge in [0.1, 0.15) is 84.6 Å². The summed E-state index contributed by atoms with van der Waals surface area (Å²) in [5, 5.41) is 86.1. The van der Waals surface area contributed by atoms with Crippen molar-refractivity contribution in [3.8, 4) is 0 Å². The second kappa shape index (κ2) is 54.1. The monoisotopic (exact) mass is 1830 g/mol. The van der Waals surface area contributed by atoms with Crippen molar-refractivity contribution in [3.05, 3.63) is 72.1 Å². The number of aromatic amines is 2. The molecule has 0 unspecified atom stereocenters. The summed E-state index contributed by atoms with van der Waals surface area (Å²) in [6, 6.07) is -8.59. The Morgan fingerprint density at radius 3 is 1.38 bits per heavy atom. The lowest BCUT2D eigenvalue weighted by molar-refractivity contribution is -0.144. The van der Waals surface area contributed by atoms with Gasteiger partial charge in [0.25, 0.3) is 0 Å². The molecule has 0 radical (unpaired) electrons. The first-order valence-electron chi connectivity index (χ1n) is 42.1. The Kier molecular flexibility index (Phi) is 44.9. The van der Waals surface area contributed by atoms with Crippen LogP contribution in [-0.4, -0.2) is 289 Å². The lowest BCUT2D eigenvalue weighted by Gasteiger charge is -2.30. The Morgan fingerprint density at radius 1 is 0.469 bits per heavy atom. The molecule has 1 aliphatic rings. The average molecular weight is 1840 g/mol. The molecule has 0 bridgehead atoms. The van der Waals surface area contributed by atoms with E-state index in [1.165, 1.54) is 20.8 Å². The molecule has 706 valence electrons. The molecule has 0 saturated carbocycles. The second-order valence-corrected chi connectivity index (χ2v) is 32.2. The number of amides is 15. The van der Waals surface area contributed by atoms with Gasteiger partial charge >= 0.3 is 17.9 Å². The van der Waals surface area contributed by atoms with E-state index in [-0.39, 0.29) is 76.1 Å². The van der Waals surface area contributed by atoms with E-state index in [1.54, 1.807) is 74.8 Å². The molecule has 47 heteroatoms. The molecule has 1 saturated heterocycles. The Morgan fingerprint density at radius 2 is 0.875 bits per heavy atom. The molecule has 128 heavy (non-hydrogen) atoms. The fraction of sp³-hybridized carbons (Fsp3) is 0.568. The molecule has 2 aromatic heterocycles. The van der Waals surface area contributed by atoms with Gasteiger partial charge in [0.05, 0.1) is 19.2 Å². The fourth-order valence-corrected chi connectivity index (χ4v) is 14.2. The number of thiol groups is 2. The number of aliphatic hydroxyl groups excluding tert-OH is 1. The number of nitrogens with zero attached hydrogens (tertiary/aromatic N) is 1. The van der Waals surface area contributed by atoms with E-state index >= 15 is 19.2 Å². The second-order valence-electron chi connectivity index (χ2n) is 31.4. The normalized spacial score (nSPS) is 15.7. The van der Waals surface area contributed by atoms with Crippen LogP contribution in [0, 0.1) is 11.3 Å². The standard InChI is InChI=1S/C81H123N23O22S2/c1-41(2)32-56(73(118)103-60(39-127)76(121)92-43(4)66(111)93-44(5)80(125)126)98-75(120)58(34-46-36-89-51-20-9-7-17-48(46)51)99-70(115)53(22-14-30-87-81(85)86)95-74(119)57(33-45-35-88-50-19-8-6-16-47(45)50)100-71(116)55(25-27-65(109)110)97-78(123)62-23-15-31-104(62)79(124)59(38-105)101-72(117)54(24-26-64(107)108)96-77(122)61(40-128)102-67(112)42(3)91-63(106)37-90-69(114)52(21-11-13-29-83)94-68(113)49(84)18-10-12-28-82/h6-9,16-17,19-20,35-36,41-44,49,52-62,88-89,105,127-128H,10-15,18,21-34,37-40,82-84H2,1-5H3,(H,90,114)(H,91,106)(H,92,121)(H,93,111)(H,94,113)(H,95,119)(H,96,122)(H,97,123)(H,98,120)(H,99,115)(H,100,116)(H,101,117)(H,102,112)(H,103,118)(H,107,108)(H,109,110)(H,125,126)(H4,85,86,87)/t42-,43-,44-,49-,52-,53-,54-,55-,56-,57-,58-,59-,60-,61-,62-/m1/s1. The molecule has 2 aromatic carbocycles. The number of hydrogen-bond acceptors (Lipinski definition) is 25. The molecule has 45 nitrogen and oxygen atoms in total. The molecule has 0 spiro atoms. The number of aliphatic hydroxyl groups is 1. The largest absolute Gasteiger partial charge is 0.481 e. The molecule has 1 fully saturated rings. The van der Waals surface area contributed by atoms with Crippen LogP contribution in [0.1, 0.15) is 142 Å². The Balaban J connectivity index is 1.37. The van der Waals surface area contributed by atoms with Crippen molar-refractivity contribution in [2.75, 3.05) is 50.8 Å². The minimum Gasteiger partial charge on any atom is -0.481 e. The van der Waals surface area contributed by atoms with E-state index in [1.807, 2.05) is 0 Å². The van der Waals surface area contributed by atoms with Gasteiger partial charge < -0.3 is 138 Å². The van der Waals surface area contributed by atoms with E-state index in [9.17, 15) is 87.5 Å². The third kappa shape index (κ3) is 34.9. The summed E-state index contributed by atoms with van der Waals surface area (Å²) in [5.41, 5.74) is 25.0. The number of benzene rings is 2. The summed E-state index contributed by atoms with van der Waals surface area (Å²) in [7, 11) is 0. The Bertz CT molecular complexity index is 4530. The number of fused-ring (bicyclic) bond motifs is 2. The smallest absolute Gasteiger partial charge is 0.325 e. The minimum atomic E-state index is -1.92.